The van der Waals surface area contributed by atoms with Crippen molar-refractivity contribution in [3.8, 4) is 0 Å². The van der Waals surface area contributed by atoms with Gasteiger partial charge in [0, 0.05) is 12.8 Å². The molecule has 0 saturated carbocycles. The summed E-state index contributed by atoms with van der Waals surface area (Å²) in [6.45, 7) is 4.39. The normalized spacial score (nSPS) is 13.4. The highest BCUT2D eigenvalue weighted by molar-refractivity contribution is 7.47. The molecule has 0 aliphatic rings. The zero-order valence-corrected chi connectivity index (χ0v) is 56.6. The molecule has 9 nitrogen and oxygen atoms in total. The number of carbonyl (C=O) groups is 2. The van der Waals surface area contributed by atoms with Gasteiger partial charge in [-0.15, -0.1) is 0 Å². The Balaban J connectivity index is 3.90. The first-order valence-electron chi connectivity index (χ1n) is 35.9. The molecule has 0 aliphatic carbocycles. The Morgan fingerprint density at radius 1 is 0.386 bits per heavy atom. The molecule has 0 amide bonds. The Labute approximate surface area is 515 Å². The molecule has 1 N–H and O–H groups in total. The molecular weight excluding hydrogens is 1050 g/mol. The fourth-order valence-electron chi connectivity index (χ4n) is 10.7. The van der Waals surface area contributed by atoms with Crippen molar-refractivity contribution >= 4 is 19.8 Å². The zero-order valence-electron chi connectivity index (χ0n) is 55.7. The summed E-state index contributed by atoms with van der Waals surface area (Å²) in [7, 11) is 1.50. The number of unbranched alkanes of at least 4 members (excludes halogenated alkanes) is 45. The van der Waals surface area contributed by atoms with E-state index in [4.69, 9.17) is 18.5 Å². The SMILES string of the molecule is CC/C=C\C/C=C\C/C=C\C/C=C\CCCCCCCCCCCCCCCCCCCCCCCCCCCCC(=O)OC(COC(=O)CCCCCCCCCCCCCCCCCCCCCC)COP(=O)(O)OCC[N+](C)(C)C. The van der Waals surface area contributed by atoms with Gasteiger partial charge in [-0.1, -0.05) is 339 Å². The lowest BCUT2D eigenvalue weighted by Gasteiger charge is -2.24. The summed E-state index contributed by atoms with van der Waals surface area (Å²) >= 11 is 0. The molecule has 488 valence electrons. The second-order valence-corrected chi connectivity index (χ2v) is 27.1. The Hall–Kier alpha value is -2.03. The molecule has 0 fully saturated rings. The largest absolute Gasteiger partial charge is 0.472 e. The molecular formula is C73H139NO8P+. The minimum atomic E-state index is -4.39. The van der Waals surface area contributed by atoms with Crippen molar-refractivity contribution in [3.05, 3.63) is 48.6 Å². The minimum Gasteiger partial charge on any atom is -0.462 e. The molecule has 0 aromatic rings. The first-order valence-corrected chi connectivity index (χ1v) is 37.4. The lowest BCUT2D eigenvalue weighted by atomic mass is 10.0. The lowest BCUT2D eigenvalue weighted by molar-refractivity contribution is -0.870. The summed E-state index contributed by atoms with van der Waals surface area (Å²) in [5.41, 5.74) is 0. The molecule has 0 bridgehead atoms. The smallest absolute Gasteiger partial charge is 0.462 e. The zero-order chi connectivity index (χ0) is 60.5. The van der Waals surface area contributed by atoms with Gasteiger partial charge in [0.1, 0.15) is 19.8 Å². The van der Waals surface area contributed by atoms with E-state index < -0.39 is 26.5 Å². The van der Waals surface area contributed by atoms with Gasteiger partial charge in [-0.3, -0.25) is 18.6 Å². The van der Waals surface area contributed by atoms with Crippen LogP contribution >= 0.6 is 7.82 Å². The molecule has 2 unspecified atom stereocenters. The van der Waals surface area contributed by atoms with E-state index in [2.05, 4.69) is 62.5 Å². The maximum atomic E-state index is 12.9. The van der Waals surface area contributed by atoms with Gasteiger partial charge in [0.25, 0.3) is 0 Å². The third-order valence-corrected chi connectivity index (χ3v) is 17.1. The van der Waals surface area contributed by atoms with Gasteiger partial charge < -0.3 is 18.9 Å². The number of ether oxygens (including phenoxy) is 2. The van der Waals surface area contributed by atoms with E-state index in [1.807, 2.05) is 21.1 Å². The standard InChI is InChI=1S/C73H138NO8P/c1-6-8-10-12-14-16-18-20-22-24-26-28-29-30-31-32-33-34-35-36-37-38-39-40-41-42-43-44-45-46-48-50-52-54-56-58-60-62-64-66-73(76)82-71(70-81-83(77,78)80-68-67-74(3,4)5)69-79-72(75)65-63-61-59-57-55-53-51-49-47-27-25-23-21-19-17-15-13-11-9-7-2/h8,10,14,16,20,22,26,28,71H,6-7,9,11-13,15,17-19,21,23-25,27,29-70H2,1-5H3/p+1/b10-8-,16-14-,22-20-,28-26-. The van der Waals surface area contributed by atoms with Gasteiger partial charge >= 0.3 is 19.8 Å². The topological polar surface area (TPSA) is 108 Å². The maximum absolute atomic E-state index is 12.9. The summed E-state index contributed by atoms with van der Waals surface area (Å²) in [5, 5.41) is 0. The van der Waals surface area contributed by atoms with Crippen LogP contribution < -0.4 is 0 Å². The second kappa shape index (κ2) is 64.4. The number of allylic oxidation sites excluding steroid dienone is 8. The summed E-state index contributed by atoms with van der Waals surface area (Å²) in [6.07, 6.45) is 83.8. The van der Waals surface area contributed by atoms with E-state index in [1.165, 1.54) is 263 Å². The minimum absolute atomic E-state index is 0.0354. The number of phosphoric acid groups is 1. The van der Waals surface area contributed by atoms with E-state index in [1.54, 1.807) is 0 Å². The van der Waals surface area contributed by atoms with Crippen LogP contribution in [0.1, 0.15) is 354 Å². The fraction of sp³-hybridized carbons (Fsp3) is 0.863. The number of rotatable bonds is 67. The summed E-state index contributed by atoms with van der Waals surface area (Å²) in [5.74, 6) is -0.774. The van der Waals surface area contributed by atoms with Gasteiger partial charge in [0.05, 0.1) is 27.7 Å². The van der Waals surface area contributed by atoms with Crippen LogP contribution in [0.25, 0.3) is 0 Å². The highest BCUT2D eigenvalue weighted by Gasteiger charge is 2.27. The monoisotopic (exact) mass is 1190 g/mol. The molecule has 10 heteroatoms. The Morgan fingerprint density at radius 2 is 0.687 bits per heavy atom. The molecule has 0 aromatic heterocycles. The molecule has 0 saturated heterocycles. The number of phosphoric ester groups is 1. The molecule has 83 heavy (non-hydrogen) atoms. The number of nitrogens with zero attached hydrogens (tertiary/aromatic N) is 1. The average molecular weight is 1190 g/mol. The Morgan fingerprint density at radius 3 is 1.02 bits per heavy atom. The molecule has 0 aliphatic heterocycles. The van der Waals surface area contributed by atoms with Crippen LogP contribution in [0.2, 0.25) is 0 Å². The van der Waals surface area contributed by atoms with E-state index in [-0.39, 0.29) is 25.6 Å². The number of hydrogen-bond acceptors (Lipinski definition) is 7. The number of carbonyl (C=O) groups excluding carboxylic acids is 2. The Bertz CT molecular complexity index is 1540. The summed E-state index contributed by atoms with van der Waals surface area (Å²) < 4.78 is 34.7. The average Bonchev–Trinajstić information content (AvgIpc) is 3.48. The van der Waals surface area contributed by atoms with Crippen LogP contribution in [0.15, 0.2) is 48.6 Å². The number of likely N-dealkylation sites (N-methyl/N-ethyl adjacent to an activating group) is 1. The van der Waals surface area contributed by atoms with Gasteiger partial charge in [0.15, 0.2) is 6.10 Å². The quantitative estimate of drug-likeness (QED) is 0.0211. The lowest BCUT2D eigenvalue weighted by Crippen LogP contribution is -2.37. The van der Waals surface area contributed by atoms with E-state index in [9.17, 15) is 19.0 Å². The first-order chi connectivity index (χ1) is 40.5. The van der Waals surface area contributed by atoms with Crippen molar-refractivity contribution in [3.63, 3.8) is 0 Å². The first kappa shape index (κ1) is 81.0. The van der Waals surface area contributed by atoms with E-state index in [0.717, 1.165) is 57.8 Å². The predicted molar refractivity (Wildman–Crippen MR) is 358 cm³/mol. The molecule has 0 heterocycles. The van der Waals surface area contributed by atoms with E-state index in [0.29, 0.717) is 23.9 Å². The van der Waals surface area contributed by atoms with Gasteiger partial charge in [-0.05, 0) is 51.4 Å². The molecule has 0 aromatic carbocycles. The summed E-state index contributed by atoms with van der Waals surface area (Å²) in [6, 6.07) is 0. The highest BCUT2D eigenvalue weighted by Crippen LogP contribution is 2.43. The number of quaternary nitrogens is 1. The van der Waals surface area contributed by atoms with Crippen molar-refractivity contribution in [2.75, 3.05) is 47.5 Å². The van der Waals surface area contributed by atoms with Crippen LogP contribution in [0, 0.1) is 0 Å². The Kier molecular flexibility index (Phi) is 62.9. The van der Waals surface area contributed by atoms with Gasteiger partial charge in [-0.25, -0.2) is 4.57 Å². The van der Waals surface area contributed by atoms with Crippen molar-refractivity contribution in [1.82, 2.24) is 0 Å². The molecule has 0 radical (unpaired) electrons. The van der Waals surface area contributed by atoms with Crippen molar-refractivity contribution in [2.24, 2.45) is 0 Å². The van der Waals surface area contributed by atoms with Crippen LogP contribution in [0.4, 0.5) is 0 Å². The van der Waals surface area contributed by atoms with Gasteiger partial charge in [-0.2, -0.15) is 0 Å². The second-order valence-electron chi connectivity index (χ2n) is 25.6. The van der Waals surface area contributed by atoms with Crippen LogP contribution in [0.5, 0.6) is 0 Å². The molecule has 2 atom stereocenters. The molecule has 0 spiro atoms. The van der Waals surface area contributed by atoms with Gasteiger partial charge in [0.2, 0.25) is 0 Å². The number of hydrogen-bond donors (Lipinski definition) is 1. The maximum Gasteiger partial charge on any atom is 0.472 e. The third-order valence-electron chi connectivity index (χ3n) is 16.1. The number of esters is 2. The highest BCUT2D eigenvalue weighted by atomic mass is 31.2. The molecule has 0 rings (SSSR count). The van der Waals surface area contributed by atoms with Crippen LogP contribution in [-0.4, -0.2) is 74.9 Å². The van der Waals surface area contributed by atoms with Crippen molar-refractivity contribution in [1.29, 1.82) is 0 Å². The van der Waals surface area contributed by atoms with Crippen LogP contribution in [0.3, 0.4) is 0 Å². The van der Waals surface area contributed by atoms with Crippen molar-refractivity contribution < 1.29 is 42.1 Å². The predicted octanol–water partition coefficient (Wildman–Crippen LogP) is 23.2. The van der Waals surface area contributed by atoms with Crippen molar-refractivity contribution in [2.45, 2.75) is 360 Å². The third kappa shape index (κ3) is 68.9. The van der Waals surface area contributed by atoms with E-state index >= 15 is 0 Å². The van der Waals surface area contributed by atoms with Crippen LogP contribution in [-0.2, 0) is 32.7 Å². The fourth-order valence-corrected chi connectivity index (χ4v) is 11.4. The summed E-state index contributed by atoms with van der Waals surface area (Å²) in [4.78, 5) is 35.8.